The predicted molar refractivity (Wildman–Crippen MR) is 77.7 cm³/mol. The minimum atomic E-state index is 0. The van der Waals surface area contributed by atoms with E-state index < -0.39 is 0 Å². The van der Waals surface area contributed by atoms with Gasteiger partial charge in [0.25, 0.3) is 5.91 Å². The number of aryl methyl sites for hydroxylation is 1. The lowest BCUT2D eigenvalue weighted by Gasteiger charge is -2.23. The number of rotatable bonds is 4. The highest BCUT2D eigenvalue weighted by molar-refractivity contribution is 5.85. The molecule has 1 saturated heterocycles. The summed E-state index contributed by atoms with van der Waals surface area (Å²) in [6.45, 7) is 3.44. The molecule has 1 amide bonds. The number of nitrogens with zero attached hydrogens (tertiary/aromatic N) is 1. The second kappa shape index (κ2) is 7.36. The molecule has 1 aliphatic rings. The SMILES string of the molecule is Cc1cccc(OCC(=O)N2CCCC2CN)c1.Cl. The van der Waals surface area contributed by atoms with E-state index in [-0.39, 0.29) is 31.0 Å². The Morgan fingerprint density at radius 3 is 3.00 bits per heavy atom. The molecule has 1 aromatic rings. The van der Waals surface area contributed by atoms with Crippen molar-refractivity contribution in [2.24, 2.45) is 5.73 Å². The molecular formula is C14H21ClN2O2. The smallest absolute Gasteiger partial charge is 0.260 e. The molecule has 0 spiro atoms. The zero-order valence-corrected chi connectivity index (χ0v) is 12.0. The Hall–Kier alpha value is -1.26. The normalized spacial score (nSPS) is 18.0. The summed E-state index contributed by atoms with van der Waals surface area (Å²) in [5.74, 6) is 0.774. The molecule has 1 aliphatic heterocycles. The Bertz CT molecular complexity index is 426. The van der Waals surface area contributed by atoms with E-state index >= 15 is 0 Å². The summed E-state index contributed by atoms with van der Waals surface area (Å²) in [6.07, 6.45) is 2.05. The molecule has 1 heterocycles. The molecule has 0 aliphatic carbocycles. The summed E-state index contributed by atoms with van der Waals surface area (Å²) in [5.41, 5.74) is 6.78. The van der Waals surface area contributed by atoms with Crippen molar-refractivity contribution in [1.29, 1.82) is 0 Å². The Labute approximate surface area is 120 Å². The van der Waals surface area contributed by atoms with Gasteiger partial charge in [0, 0.05) is 19.1 Å². The highest BCUT2D eigenvalue weighted by atomic mass is 35.5. The fourth-order valence-corrected chi connectivity index (χ4v) is 2.34. The average molecular weight is 285 g/mol. The molecule has 1 aromatic carbocycles. The van der Waals surface area contributed by atoms with E-state index in [0.717, 1.165) is 30.7 Å². The van der Waals surface area contributed by atoms with Crippen LogP contribution in [0.5, 0.6) is 5.75 Å². The van der Waals surface area contributed by atoms with Crippen LogP contribution < -0.4 is 10.5 Å². The van der Waals surface area contributed by atoms with E-state index in [9.17, 15) is 4.79 Å². The number of hydrogen-bond acceptors (Lipinski definition) is 3. The number of benzene rings is 1. The molecule has 106 valence electrons. The zero-order chi connectivity index (χ0) is 13.0. The Morgan fingerprint density at radius 1 is 1.53 bits per heavy atom. The number of likely N-dealkylation sites (tertiary alicyclic amines) is 1. The second-order valence-electron chi connectivity index (χ2n) is 4.72. The number of carbonyl (C=O) groups is 1. The van der Waals surface area contributed by atoms with Crippen LogP contribution in [0.2, 0.25) is 0 Å². The van der Waals surface area contributed by atoms with Crippen molar-refractivity contribution in [1.82, 2.24) is 4.90 Å². The minimum absolute atomic E-state index is 0. The van der Waals surface area contributed by atoms with Crippen LogP contribution in [0.3, 0.4) is 0 Å². The number of hydrogen-bond donors (Lipinski definition) is 1. The Morgan fingerprint density at radius 2 is 2.32 bits per heavy atom. The summed E-state index contributed by atoms with van der Waals surface area (Å²) in [5, 5.41) is 0. The van der Waals surface area contributed by atoms with Gasteiger partial charge in [-0.3, -0.25) is 4.79 Å². The van der Waals surface area contributed by atoms with Gasteiger partial charge in [0.2, 0.25) is 0 Å². The molecule has 4 nitrogen and oxygen atoms in total. The van der Waals surface area contributed by atoms with Crippen LogP contribution in [-0.2, 0) is 4.79 Å². The van der Waals surface area contributed by atoms with Gasteiger partial charge in [-0.05, 0) is 37.5 Å². The fourth-order valence-electron chi connectivity index (χ4n) is 2.34. The highest BCUT2D eigenvalue weighted by Gasteiger charge is 2.27. The molecule has 0 aromatic heterocycles. The Kier molecular flexibility index (Phi) is 6.12. The lowest BCUT2D eigenvalue weighted by atomic mass is 10.2. The third kappa shape index (κ3) is 4.11. The maximum Gasteiger partial charge on any atom is 0.260 e. The standard InChI is InChI=1S/C14H20N2O2.ClH/c1-11-4-2-6-13(8-11)18-10-14(17)16-7-3-5-12(16)9-15;/h2,4,6,8,12H,3,5,7,9-10,15H2,1H3;1H. The van der Waals surface area contributed by atoms with Gasteiger partial charge >= 0.3 is 0 Å². The van der Waals surface area contributed by atoms with Crippen molar-refractivity contribution in [3.05, 3.63) is 29.8 Å². The molecule has 0 saturated carbocycles. The predicted octanol–water partition coefficient (Wildman–Crippen LogP) is 1.75. The first-order valence-corrected chi connectivity index (χ1v) is 6.39. The maximum atomic E-state index is 12.0. The summed E-state index contributed by atoms with van der Waals surface area (Å²) in [4.78, 5) is 13.9. The van der Waals surface area contributed by atoms with E-state index in [4.69, 9.17) is 10.5 Å². The van der Waals surface area contributed by atoms with Crippen LogP contribution in [0.4, 0.5) is 0 Å². The van der Waals surface area contributed by atoms with Gasteiger partial charge in [-0.15, -0.1) is 12.4 Å². The average Bonchev–Trinajstić information content (AvgIpc) is 2.84. The van der Waals surface area contributed by atoms with E-state index in [0.29, 0.717) is 6.54 Å². The summed E-state index contributed by atoms with van der Waals surface area (Å²) in [6, 6.07) is 7.91. The van der Waals surface area contributed by atoms with Crippen molar-refractivity contribution in [3.63, 3.8) is 0 Å². The topological polar surface area (TPSA) is 55.6 Å². The molecule has 19 heavy (non-hydrogen) atoms. The maximum absolute atomic E-state index is 12.0. The first kappa shape index (κ1) is 15.8. The van der Waals surface area contributed by atoms with Gasteiger partial charge in [0.15, 0.2) is 6.61 Å². The second-order valence-corrected chi connectivity index (χ2v) is 4.72. The number of nitrogens with two attached hydrogens (primary N) is 1. The highest BCUT2D eigenvalue weighted by Crippen LogP contribution is 2.17. The lowest BCUT2D eigenvalue weighted by molar-refractivity contribution is -0.134. The molecular weight excluding hydrogens is 264 g/mol. The number of amides is 1. The fraction of sp³-hybridized carbons (Fsp3) is 0.500. The monoisotopic (exact) mass is 284 g/mol. The molecule has 1 fully saturated rings. The van der Waals surface area contributed by atoms with Crippen molar-refractivity contribution in [2.75, 3.05) is 19.7 Å². The molecule has 2 N–H and O–H groups in total. The van der Waals surface area contributed by atoms with Gasteiger partial charge in [-0.25, -0.2) is 0 Å². The molecule has 5 heteroatoms. The number of ether oxygens (including phenoxy) is 1. The molecule has 2 rings (SSSR count). The van der Waals surface area contributed by atoms with Gasteiger partial charge in [0.1, 0.15) is 5.75 Å². The van der Waals surface area contributed by atoms with Gasteiger partial charge in [-0.2, -0.15) is 0 Å². The van der Waals surface area contributed by atoms with Gasteiger partial charge in [0.05, 0.1) is 0 Å². The van der Waals surface area contributed by atoms with Crippen molar-refractivity contribution >= 4 is 18.3 Å². The first-order valence-electron chi connectivity index (χ1n) is 6.39. The van der Waals surface area contributed by atoms with E-state index in [1.165, 1.54) is 0 Å². The number of halogens is 1. The van der Waals surface area contributed by atoms with Crippen molar-refractivity contribution in [3.8, 4) is 5.75 Å². The van der Waals surface area contributed by atoms with E-state index in [1.54, 1.807) is 0 Å². The number of carbonyl (C=O) groups excluding carboxylic acids is 1. The zero-order valence-electron chi connectivity index (χ0n) is 11.2. The first-order chi connectivity index (χ1) is 8.70. The van der Waals surface area contributed by atoms with Crippen molar-refractivity contribution < 1.29 is 9.53 Å². The minimum Gasteiger partial charge on any atom is -0.484 e. The van der Waals surface area contributed by atoms with E-state index in [2.05, 4.69) is 0 Å². The summed E-state index contributed by atoms with van der Waals surface area (Å²) in [7, 11) is 0. The molecule has 0 radical (unpaired) electrons. The van der Waals surface area contributed by atoms with E-state index in [1.807, 2.05) is 36.1 Å². The quantitative estimate of drug-likeness (QED) is 0.916. The lowest BCUT2D eigenvalue weighted by Crippen LogP contribution is -2.42. The van der Waals surface area contributed by atoms with Crippen LogP contribution in [-0.4, -0.2) is 36.5 Å². The van der Waals surface area contributed by atoms with Crippen LogP contribution in [0, 0.1) is 6.92 Å². The van der Waals surface area contributed by atoms with Crippen LogP contribution in [0.25, 0.3) is 0 Å². The molecule has 1 atom stereocenters. The van der Waals surface area contributed by atoms with Crippen LogP contribution in [0.1, 0.15) is 18.4 Å². The van der Waals surface area contributed by atoms with Crippen LogP contribution >= 0.6 is 12.4 Å². The van der Waals surface area contributed by atoms with Gasteiger partial charge in [-0.1, -0.05) is 12.1 Å². The Balaban J connectivity index is 0.00000180. The third-order valence-electron chi connectivity index (χ3n) is 3.32. The van der Waals surface area contributed by atoms with Crippen LogP contribution in [0.15, 0.2) is 24.3 Å². The van der Waals surface area contributed by atoms with Gasteiger partial charge < -0.3 is 15.4 Å². The molecule has 0 bridgehead atoms. The van der Waals surface area contributed by atoms with Crippen molar-refractivity contribution in [2.45, 2.75) is 25.8 Å². The largest absolute Gasteiger partial charge is 0.484 e. The third-order valence-corrected chi connectivity index (χ3v) is 3.32. The summed E-state index contributed by atoms with van der Waals surface area (Å²) >= 11 is 0. The molecule has 1 unspecified atom stereocenters. The summed E-state index contributed by atoms with van der Waals surface area (Å²) < 4.78 is 5.52.